The van der Waals surface area contributed by atoms with Gasteiger partial charge in [0, 0.05) is 19.6 Å². The van der Waals surface area contributed by atoms with E-state index in [1.807, 2.05) is 26.1 Å². The minimum atomic E-state index is -3.36. The average molecular weight is 296 g/mol. The standard InChI is InChI=1S/C15H24N2O2S/c1-3-17(12-13-6-4-7-13)20(18,19)15-9-5-8-14(10-15)11-16-2/h5,8-10,13,16H,3-4,6-7,11-12H2,1-2H3. The fourth-order valence-electron chi connectivity index (χ4n) is 2.53. The van der Waals surface area contributed by atoms with Gasteiger partial charge in [0.15, 0.2) is 0 Å². The Morgan fingerprint density at radius 3 is 2.65 bits per heavy atom. The van der Waals surface area contributed by atoms with Gasteiger partial charge >= 0.3 is 0 Å². The first-order valence-electron chi connectivity index (χ1n) is 7.31. The van der Waals surface area contributed by atoms with Crippen molar-refractivity contribution < 1.29 is 8.42 Å². The van der Waals surface area contributed by atoms with Gasteiger partial charge in [0.05, 0.1) is 4.90 Å². The van der Waals surface area contributed by atoms with Crippen LogP contribution in [0.3, 0.4) is 0 Å². The van der Waals surface area contributed by atoms with Crippen LogP contribution >= 0.6 is 0 Å². The summed E-state index contributed by atoms with van der Waals surface area (Å²) in [6.45, 7) is 3.79. The van der Waals surface area contributed by atoms with Crippen molar-refractivity contribution in [2.45, 2.75) is 37.6 Å². The highest BCUT2D eigenvalue weighted by molar-refractivity contribution is 7.89. The Morgan fingerprint density at radius 2 is 2.10 bits per heavy atom. The van der Waals surface area contributed by atoms with Crippen LogP contribution < -0.4 is 5.32 Å². The molecule has 0 atom stereocenters. The zero-order valence-electron chi connectivity index (χ0n) is 12.3. The highest BCUT2D eigenvalue weighted by Crippen LogP contribution is 2.29. The molecule has 1 saturated carbocycles. The van der Waals surface area contributed by atoms with E-state index in [1.54, 1.807) is 16.4 Å². The average Bonchev–Trinajstić information content (AvgIpc) is 2.38. The van der Waals surface area contributed by atoms with Crippen molar-refractivity contribution >= 4 is 10.0 Å². The first kappa shape index (κ1) is 15.5. The Morgan fingerprint density at radius 1 is 1.35 bits per heavy atom. The minimum Gasteiger partial charge on any atom is -0.316 e. The summed E-state index contributed by atoms with van der Waals surface area (Å²) in [5, 5.41) is 3.05. The van der Waals surface area contributed by atoms with E-state index in [0.29, 0.717) is 30.4 Å². The van der Waals surface area contributed by atoms with Crippen molar-refractivity contribution in [3.05, 3.63) is 29.8 Å². The summed E-state index contributed by atoms with van der Waals surface area (Å²) in [6.07, 6.45) is 3.55. The molecule has 0 bridgehead atoms. The monoisotopic (exact) mass is 296 g/mol. The molecule has 0 unspecified atom stereocenters. The zero-order valence-corrected chi connectivity index (χ0v) is 13.1. The topological polar surface area (TPSA) is 49.4 Å². The molecule has 1 N–H and O–H groups in total. The second kappa shape index (κ2) is 6.70. The molecule has 1 aliphatic carbocycles. The predicted molar refractivity (Wildman–Crippen MR) is 81.0 cm³/mol. The summed E-state index contributed by atoms with van der Waals surface area (Å²) >= 11 is 0. The third-order valence-electron chi connectivity index (χ3n) is 3.96. The van der Waals surface area contributed by atoms with Gasteiger partial charge in [0.1, 0.15) is 0 Å². The van der Waals surface area contributed by atoms with Crippen LogP contribution in [0.15, 0.2) is 29.2 Å². The molecule has 0 saturated heterocycles. The van der Waals surface area contributed by atoms with E-state index in [9.17, 15) is 8.42 Å². The lowest BCUT2D eigenvalue weighted by Crippen LogP contribution is -2.37. The number of hydrogen-bond acceptors (Lipinski definition) is 3. The molecule has 112 valence electrons. The van der Waals surface area contributed by atoms with Gasteiger partial charge in [-0.2, -0.15) is 4.31 Å². The fourth-order valence-corrected chi connectivity index (χ4v) is 4.13. The van der Waals surface area contributed by atoms with Crippen LogP contribution in [0.2, 0.25) is 0 Å². The van der Waals surface area contributed by atoms with Gasteiger partial charge in [-0.3, -0.25) is 0 Å². The van der Waals surface area contributed by atoms with Crippen LogP contribution in [0.5, 0.6) is 0 Å². The van der Waals surface area contributed by atoms with E-state index in [-0.39, 0.29) is 0 Å². The Hall–Kier alpha value is -0.910. The highest BCUT2D eigenvalue weighted by atomic mass is 32.2. The molecule has 0 amide bonds. The van der Waals surface area contributed by atoms with Gasteiger partial charge < -0.3 is 5.32 Å². The fraction of sp³-hybridized carbons (Fsp3) is 0.600. The summed E-state index contributed by atoms with van der Waals surface area (Å²) in [4.78, 5) is 0.409. The van der Waals surface area contributed by atoms with Crippen LogP contribution in [-0.4, -0.2) is 32.9 Å². The maximum Gasteiger partial charge on any atom is 0.243 e. The van der Waals surface area contributed by atoms with Crippen molar-refractivity contribution in [1.82, 2.24) is 9.62 Å². The van der Waals surface area contributed by atoms with E-state index in [1.165, 1.54) is 6.42 Å². The smallest absolute Gasteiger partial charge is 0.243 e. The largest absolute Gasteiger partial charge is 0.316 e. The molecule has 5 heteroatoms. The molecule has 1 aromatic rings. The van der Waals surface area contributed by atoms with Crippen LogP contribution in [0.25, 0.3) is 0 Å². The second-order valence-electron chi connectivity index (χ2n) is 5.43. The molecule has 1 aliphatic rings. The van der Waals surface area contributed by atoms with E-state index >= 15 is 0 Å². The molecule has 0 aromatic heterocycles. The third-order valence-corrected chi connectivity index (χ3v) is 5.89. The van der Waals surface area contributed by atoms with Crippen molar-refractivity contribution in [2.24, 2.45) is 5.92 Å². The molecule has 1 fully saturated rings. The summed E-state index contributed by atoms with van der Waals surface area (Å²) < 4.78 is 27.0. The van der Waals surface area contributed by atoms with Gasteiger partial charge in [-0.1, -0.05) is 25.5 Å². The minimum absolute atomic E-state index is 0.409. The van der Waals surface area contributed by atoms with E-state index in [0.717, 1.165) is 18.4 Å². The Kier molecular flexibility index (Phi) is 5.18. The van der Waals surface area contributed by atoms with Gasteiger partial charge in [0.2, 0.25) is 10.0 Å². The van der Waals surface area contributed by atoms with E-state index < -0.39 is 10.0 Å². The molecule has 2 rings (SSSR count). The molecule has 1 aromatic carbocycles. The summed E-state index contributed by atoms with van der Waals surface area (Å²) in [6, 6.07) is 7.22. The SMILES string of the molecule is CCN(CC1CCC1)S(=O)(=O)c1cccc(CNC)c1. The Labute approximate surface area is 122 Å². The summed E-state index contributed by atoms with van der Waals surface area (Å²) in [5.74, 6) is 0.546. The molecule has 0 aliphatic heterocycles. The van der Waals surface area contributed by atoms with Crippen molar-refractivity contribution in [3.63, 3.8) is 0 Å². The van der Waals surface area contributed by atoms with Gasteiger partial charge in [-0.25, -0.2) is 8.42 Å². The van der Waals surface area contributed by atoms with Gasteiger partial charge in [0.25, 0.3) is 0 Å². The van der Waals surface area contributed by atoms with Crippen molar-refractivity contribution in [2.75, 3.05) is 20.1 Å². The predicted octanol–water partition coefficient (Wildman–Crippen LogP) is 2.22. The molecular weight excluding hydrogens is 272 g/mol. The lowest BCUT2D eigenvalue weighted by atomic mass is 9.85. The number of rotatable bonds is 7. The second-order valence-corrected chi connectivity index (χ2v) is 7.37. The van der Waals surface area contributed by atoms with Crippen LogP contribution in [0, 0.1) is 5.92 Å². The van der Waals surface area contributed by atoms with Crippen molar-refractivity contribution in [3.8, 4) is 0 Å². The molecule has 0 heterocycles. The molecule has 4 nitrogen and oxygen atoms in total. The first-order chi connectivity index (χ1) is 9.57. The Balaban J connectivity index is 2.20. The van der Waals surface area contributed by atoms with Crippen LogP contribution in [-0.2, 0) is 16.6 Å². The van der Waals surface area contributed by atoms with Gasteiger partial charge in [-0.15, -0.1) is 0 Å². The highest BCUT2D eigenvalue weighted by Gasteiger charge is 2.28. The number of benzene rings is 1. The quantitative estimate of drug-likeness (QED) is 0.839. The lowest BCUT2D eigenvalue weighted by molar-refractivity contribution is 0.250. The maximum atomic E-state index is 12.7. The molecule has 0 radical (unpaired) electrons. The zero-order chi connectivity index (χ0) is 14.6. The van der Waals surface area contributed by atoms with Crippen LogP contribution in [0.4, 0.5) is 0 Å². The molecule has 0 spiro atoms. The number of nitrogens with zero attached hydrogens (tertiary/aromatic N) is 1. The van der Waals surface area contributed by atoms with E-state index in [2.05, 4.69) is 5.32 Å². The van der Waals surface area contributed by atoms with Gasteiger partial charge in [-0.05, 0) is 43.5 Å². The van der Waals surface area contributed by atoms with E-state index in [4.69, 9.17) is 0 Å². The van der Waals surface area contributed by atoms with Crippen molar-refractivity contribution in [1.29, 1.82) is 0 Å². The Bertz CT molecular complexity index is 539. The van der Waals surface area contributed by atoms with Crippen LogP contribution in [0.1, 0.15) is 31.7 Å². The number of sulfonamides is 1. The normalized spacial score (nSPS) is 16.4. The summed E-state index contributed by atoms with van der Waals surface area (Å²) in [7, 11) is -1.50. The number of nitrogens with one attached hydrogen (secondary N) is 1. The molecule has 20 heavy (non-hydrogen) atoms. The summed E-state index contributed by atoms with van der Waals surface area (Å²) in [5.41, 5.74) is 0.994. The maximum absolute atomic E-state index is 12.7. The number of hydrogen-bond donors (Lipinski definition) is 1. The molecular formula is C15H24N2O2S. The third kappa shape index (κ3) is 3.40. The lowest BCUT2D eigenvalue weighted by Gasteiger charge is -2.31. The first-order valence-corrected chi connectivity index (χ1v) is 8.75.